The van der Waals surface area contributed by atoms with Crippen molar-refractivity contribution in [2.75, 3.05) is 11.9 Å². The Balaban J connectivity index is 2.74. The molecule has 0 aliphatic heterocycles. The zero-order valence-corrected chi connectivity index (χ0v) is 6.54. The first-order valence-corrected chi connectivity index (χ1v) is 3.62. The van der Waals surface area contributed by atoms with E-state index < -0.39 is 0 Å². The number of nitrogens with zero attached hydrogens (tertiary/aromatic N) is 2. The molecule has 1 heterocycles. The van der Waals surface area contributed by atoms with Gasteiger partial charge in [0.25, 0.3) is 0 Å². The van der Waals surface area contributed by atoms with Gasteiger partial charge in [-0.05, 0) is 13.0 Å². The number of aromatic nitrogens is 2. The van der Waals surface area contributed by atoms with E-state index in [1.54, 1.807) is 6.20 Å². The van der Waals surface area contributed by atoms with Crippen LogP contribution >= 0.6 is 0 Å². The van der Waals surface area contributed by atoms with Gasteiger partial charge in [0.2, 0.25) is 0 Å². The molecule has 3 N–H and O–H groups in total. The van der Waals surface area contributed by atoms with Gasteiger partial charge in [0, 0.05) is 12.7 Å². The van der Waals surface area contributed by atoms with Crippen LogP contribution < -0.4 is 11.1 Å². The summed E-state index contributed by atoms with van der Waals surface area (Å²) in [5, 5.41) is 3.08. The number of anilines is 1. The summed E-state index contributed by atoms with van der Waals surface area (Å²) in [6.07, 6.45) is 1.70. The maximum Gasteiger partial charge on any atom is 0.144 e. The number of nitrogens with one attached hydrogen (secondary N) is 1. The molecule has 0 aromatic carbocycles. The second-order valence-electron chi connectivity index (χ2n) is 2.09. The molecule has 0 saturated heterocycles. The molecule has 0 bridgehead atoms. The SMILES string of the molecule is CCNc1ccnc(CN)n1. The van der Waals surface area contributed by atoms with Gasteiger partial charge in [0.1, 0.15) is 11.6 Å². The summed E-state index contributed by atoms with van der Waals surface area (Å²) in [5.74, 6) is 1.51. The maximum atomic E-state index is 5.36. The molecule has 0 saturated carbocycles. The van der Waals surface area contributed by atoms with Crippen LogP contribution in [0.15, 0.2) is 12.3 Å². The average Bonchev–Trinajstić information content (AvgIpc) is 2.06. The topological polar surface area (TPSA) is 63.8 Å². The van der Waals surface area contributed by atoms with Crippen LogP contribution in [0.1, 0.15) is 12.7 Å². The van der Waals surface area contributed by atoms with Gasteiger partial charge < -0.3 is 11.1 Å². The van der Waals surface area contributed by atoms with Crippen molar-refractivity contribution in [1.82, 2.24) is 9.97 Å². The van der Waals surface area contributed by atoms with Crippen molar-refractivity contribution in [2.24, 2.45) is 5.73 Å². The zero-order chi connectivity index (χ0) is 8.10. The molecule has 4 heteroatoms. The smallest absolute Gasteiger partial charge is 0.144 e. The number of rotatable bonds is 3. The van der Waals surface area contributed by atoms with E-state index in [4.69, 9.17) is 5.73 Å². The predicted octanol–water partition coefficient (Wildman–Crippen LogP) is 0.367. The summed E-state index contributed by atoms with van der Waals surface area (Å²) >= 11 is 0. The minimum atomic E-state index is 0.388. The molecule has 0 radical (unpaired) electrons. The Morgan fingerprint density at radius 3 is 3.09 bits per heavy atom. The molecule has 0 atom stereocenters. The predicted molar refractivity (Wildman–Crippen MR) is 44.1 cm³/mol. The molecule has 0 aliphatic rings. The van der Waals surface area contributed by atoms with Crippen molar-refractivity contribution < 1.29 is 0 Å². The van der Waals surface area contributed by atoms with E-state index in [1.807, 2.05) is 13.0 Å². The molecule has 0 amide bonds. The highest BCUT2D eigenvalue weighted by atomic mass is 15.0. The Hall–Kier alpha value is -1.16. The summed E-state index contributed by atoms with van der Waals surface area (Å²) in [5.41, 5.74) is 5.36. The first-order valence-electron chi connectivity index (χ1n) is 3.62. The van der Waals surface area contributed by atoms with Gasteiger partial charge >= 0.3 is 0 Å². The van der Waals surface area contributed by atoms with Crippen molar-refractivity contribution >= 4 is 5.82 Å². The maximum absolute atomic E-state index is 5.36. The van der Waals surface area contributed by atoms with Gasteiger partial charge in [-0.3, -0.25) is 0 Å². The molecule has 60 valence electrons. The van der Waals surface area contributed by atoms with Crippen LogP contribution in [0.25, 0.3) is 0 Å². The number of hydrogen-bond donors (Lipinski definition) is 2. The standard InChI is InChI=1S/C7H12N4/c1-2-9-6-3-4-10-7(5-8)11-6/h3-4H,2,5,8H2,1H3,(H,9,10,11). The van der Waals surface area contributed by atoms with Gasteiger partial charge in [-0.1, -0.05) is 0 Å². The molecular formula is C7H12N4. The molecular weight excluding hydrogens is 140 g/mol. The van der Waals surface area contributed by atoms with E-state index in [0.29, 0.717) is 12.4 Å². The van der Waals surface area contributed by atoms with Gasteiger partial charge in [0.15, 0.2) is 0 Å². The van der Waals surface area contributed by atoms with Crippen LogP contribution in [-0.2, 0) is 6.54 Å². The van der Waals surface area contributed by atoms with Crippen molar-refractivity contribution in [2.45, 2.75) is 13.5 Å². The van der Waals surface area contributed by atoms with Crippen LogP contribution in [0.2, 0.25) is 0 Å². The Morgan fingerprint density at radius 1 is 1.64 bits per heavy atom. The molecule has 0 fully saturated rings. The summed E-state index contributed by atoms with van der Waals surface area (Å²) < 4.78 is 0. The van der Waals surface area contributed by atoms with E-state index in [-0.39, 0.29) is 0 Å². The van der Waals surface area contributed by atoms with E-state index in [0.717, 1.165) is 12.4 Å². The lowest BCUT2D eigenvalue weighted by atomic mass is 10.5. The van der Waals surface area contributed by atoms with Gasteiger partial charge in [-0.25, -0.2) is 9.97 Å². The van der Waals surface area contributed by atoms with E-state index in [9.17, 15) is 0 Å². The summed E-state index contributed by atoms with van der Waals surface area (Å²) in [7, 11) is 0. The van der Waals surface area contributed by atoms with Crippen LogP contribution in [0.4, 0.5) is 5.82 Å². The first-order chi connectivity index (χ1) is 5.36. The summed E-state index contributed by atoms with van der Waals surface area (Å²) in [6, 6.07) is 1.82. The fourth-order valence-electron chi connectivity index (χ4n) is 0.777. The van der Waals surface area contributed by atoms with Crippen LogP contribution in [0, 0.1) is 0 Å². The minimum Gasteiger partial charge on any atom is -0.370 e. The van der Waals surface area contributed by atoms with Crippen molar-refractivity contribution in [3.63, 3.8) is 0 Å². The van der Waals surface area contributed by atoms with E-state index in [1.165, 1.54) is 0 Å². The number of hydrogen-bond acceptors (Lipinski definition) is 4. The quantitative estimate of drug-likeness (QED) is 0.656. The van der Waals surface area contributed by atoms with Crippen LogP contribution in [-0.4, -0.2) is 16.5 Å². The number of nitrogens with two attached hydrogens (primary N) is 1. The lowest BCUT2D eigenvalue weighted by Gasteiger charge is -2.01. The third-order valence-electron chi connectivity index (χ3n) is 1.25. The highest BCUT2D eigenvalue weighted by Gasteiger charge is 1.93. The molecule has 4 nitrogen and oxygen atoms in total. The van der Waals surface area contributed by atoms with Crippen molar-refractivity contribution in [3.05, 3.63) is 18.1 Å². The molecule has 1 aromatic rings. The van der Waals surface area contributed by atoms with Crippen LogP contribution in [0.5, 0.6) is 0 Å². The van der Waals surface area contributed by atoms with Crippen molar-refractivity contribution in [3.8, 4) is 0 Å². The summed E-state index contributed by atoms with van der Waals surface area (Å²) in [4.78, 5) is 8.10. The molecule has 1 rings (SSSR count). The van der Waals surface area contributed by atoms with Crippen molar-refractivity contribution in [1.29, 1.82) is 0 Å². The first kappa shape index (κ1) is 7.94. The fourth-order valence-corrected chi connectivity index (χ4v) is 0.777. The highest BCUT2D eigenvalue weighted by Crippen LogP contribution is 1.99. The summed E-state index contributed by atoms with van der Waals surface area (Å²) in [6.45, 7) is 3.27. The largest absolute Gasteiger partial charge is 0.370 e. The second kappa shape index (κ2) is 3.88. The highest BCUT2D eigenvalue weighted by molar-refractivity contribution is 5.32. The Labute approximate surface area is 65.9 Å². The third kappa shape index (κ3) is 2.16. The Morgan fingerprint density at radius 2 is 2.45 bits per heavy atom. The fraction of sp³-hybridized carbons (Fsp3) is 0.429. The molecule has 0 unspecified atom stereocenters. The Kier molecular flexibility index (Phi) is 2.80. The van der Waals surface area contributed by atoms with Gasteiger partial charge in [-0.15, -0.1) is 0 Å². The van der Waals surface area contributed by atoms with E-state index in [2.05, 4.69) is 15.3 Å². The zero-order valence-electron chi connectivity index (χ0n) is 6.54. The molecule has 0 aliphatic carbocycles. The lowest BCUT2D eigenvalue weighted by Crippen LogP contribution is -2.06. The molecule has 1 aromatic heterocycles. The van der Waals surface area contributed by atoms with Crippen LogP contribution in [0.3, 0.4) is 0 Å². The van der Waals surface area contributed by atoms with E-state index >= 15 is 0 Å². The molecule has 0 spiro atoms. The lowest BCUT2D eigenvalue weighted by molar-refractivity contribution is 0.907. The second-order valence-corrected chi connectivity index (χ2v) is 2.09. The Bertz CT molecular complexity index is 223. The third-order valence-corrected chi connectivity index (χ3v) is 1.25. The minimum absolute atomic E-state index is 0.388. The monoisotopic (exact) mass is 152 g/mol. The average molecular weight is 152 g/mol. The normalized spacial score (nSPS) is 9.64. The molecule has 11 heavy (non-hydrogen) atoms. The van der Waals surface area contributed by atoms with Gasteiger partial charge in [0.05, 0.1) is 6.54 Å². The van der Waals surface area contributed by atoms with Gasteiger partial charge in [-0.2, -0.15) is 0 Å².